The van der Waals surface area contributed by atoms with Gasteiger partial charge in [-0.05, 0) is 62.8 Å². The molecule has 0 radical (unpaired) electrons. The molecule has 1 aromatic carbocycles. The van der Waals surface area contributed by atoms with E-state index in [2.05, 4.69) is 17.1 Å². The summed E-state index contributed by atoms with van der Waals surface area (Å²) in [4.78, 5) is 15.2. The molecular weight excluding hydrogens is 398 g/mol. The zero-order valence-electron chi connectivity index (χ0n) is 18.3. The van der Waals surface area contributed by atoms with Crippen molar-refractivity contribution in [2.75, 3.05) is 32.7 Å². The Balaban J connectivity index is 1.42. The molecule has 0 saturated carbocycles. The van der Waals surface area contributed by atoms with E-state index in [1.807, 2.05) is 12.1 Å². The summed E-state index contributed by atoms with van der Waals surface area (Å²) in [5.74, 6) is 0.0898. The van der Waals surface area contributed by atoms with Crippen LogP contribution in [-0.4, -0.2) is 62.3 Å². The number of sulfonamides is 1. The van der Waals surface area contributed by atoms with Crippen LogP contribution in [0.25, 0.3) is 0 Å². The van der Waals surface area contributed by atoms with Gasteiger partial charge in [-0.15, -0.1) is 0 Å². The number of hydrogen-bond acceptors (Lipinski definition) is 4. The van der Waals surface area contributed by atoms with Gasteiger partial charge in [0.2, 0.25) is 15.9 Å². The fourth-order valence-corrected chi connectivity index (χ4v) is 5.84. The lowest BCUT2D eigenvalue weighted by Crippen LogP contribution is -2.44. The van der Waals surface area contributed by atoms with E-state index in [0.717, 1.165) is 50.8 Å². The second-order valence-electron chi connectivity index (χ2n) is 8.65. The van der Waals surface area contributed by atoms with Crippen LogP contribution >= 0.6 is 0 Å². The number of nitrogens with one attached hydrogen (secondary N) is 1. The van der Waals surface area contributed by atoms with Gasteiger partial charge in [0.25, 0.3) is 0 Å². The van der Waals surface area contributed by atoms with Crippen LogP contribution in [0.5, 0.6) is 0 Å². The minimum atomic E-state index is -3.39. The van der Waals surface area contributed by atoms with Crippen LogP contribution in [0.4, 0.5) is 0 Å². The number of amides is 1. The van der Waals surface area contributed by atoms with Gasteiger partial charge in [0, 0.05) is 38.6 Å². The minimum absolute atomic E-state index is 0.0898. The molecule has 7 heteroatoms. The molecule has 2 aliphatic heterocycles. The summed E-state index contributed by atoms with van der Waals surface area (Å²) in [6, 6.07) is 7.34. The van der Waals surface area contributed by atoms with Gasteiger partial charge < -0.3 is 10.2 Å². The van der Waals surface area contributed by atoms with Crippen LogP contribution in [0.1, 0.15) is 63.9 Å². The van der Waals surface area contributed by atoms with Crippen LogP contribution in [0.3, 0.4) is 0 Å². The van der Waals surface area contributed by atoms with E-state index in [0.29, 0.717) is 30.8 Å². The molecule has 3 rings (SSSR count). The zero-order chi connectivity index (χ0) is 21.4. The Kier molecular flexibility index (Phi) is 8.72. The van der Waals surface area contributed by atoms with Gasteiger partial charge in [0.15, 0.2) is 0 Å². The number of hydrogen-bond donors (Lipinski definition) is 1. The number of benzene rings is 1. The number of likely N-dealkylation sites (tertiary alicyclic amines) is 1. The summed E-state index contributed by atoms with van der Waals surface area (Å²) in [7, 11) is -3.39. The van der Waals surface area contributed by atoms with Crippen molar-refractivity contribution in [1.82, 2.24) is 14.5 Å². The normalized spacial score (nSPS) is 19.6. The van der Waals surface area contributed by atoms with Gasteiger partial charge >= 0.3 is 0 Å². The van der Waals surface area contributed by atoms with Crippen molar-refractivity contribution in [1.29, 1.82) is 0 Å². The first-order valence-electron chi connectivity index (χ1n) is 11.6. The molecule has 2 saturated heterocycles. The molecule has 30 heavy (non-hydrogen) atoms. The maximum atomic E-state index is 12.7. The first-order chi connectivity index (χ1) is 14.5. The Hall–Kier alpha value is -1.44. The number of piperidine rings is 2. The smallest absolute Gasteiger partial charge is 0.243 e. The van der Waals surface area contributed by atoms with Crippen molar-refractivity contribution >= 4 is 15.9 Å². The second kappa shape index (κ2) is 11.3. The standard InChI is InChI=1S/C23H37N3O3S/c1-2-3-15-25-18-13-21(14-19-25)24-23(27)12-9-20-7-10-22(11-8-20)30(28,29)26-16-5-4-6-17-26/h7-8,10-11,21H,2-6,9,12-19H2,1H3,(H,24,27). The van der Waals surface area contributed by atoms with E-state index >= 15 is 0 Å². The van der Waals surface area contributed by atoms with Crippen LogP contribution in [0, 0.1) is 0 Å². The van der Waals surface area contributed by atoms with Crippen molar-refractivity contribution in [3.63, 3.8) is 0 Å². The SMILES string of the molecule is CCCCN1CCC(NC(=O)CCc2ccc(S(=O)(=O)N3CCCCC3)cc2)CC1. The van der Waals surface area contributed by atoms with Crippen LogP contribution < -0.4 is 5.32 Å². The highest BCUT2D eigenvalue weighted by Gasteiger charge is 2.25. The second-order valence-corrected chi connectivity index (χ2v) is 10.6. The number of carbonyl (C=O) groups excluding carboxylic acids is 1. The van der Waals surface area contributed by atoms with E-state index < -0.39 is 10.0 Å². The molecular formula is C23H37N3O3S. The van der Waals surface area contributed by atoms with Crippen molar-refractivity contribution in [2.24, 2.45) is 0 Å². The summed E-state index contributed by atoms with van der Waals surface area (Å²) in [6.45, 7) is 6.74. The summed E-state index contributed by atoms with van der Waals surface area (Å²) in [5.41, 5.74) is 0.997. The fourth-order valence-electron chi connectivity index (χ4n) is 4.32. The summed E-state index contributed by atoms with van der Waals surface area (Å²) in [5, 5.41) is 3.18. The van der Waals surface area contributed by atoms with E-state index in [4.69, 9.17) is 0 Å². The molecule has 0 atom stereocenters. The maximum Gasteiger partial charge on any atom is 0.243 e. The lowest BCUT2D eigenvalue weighted by molar-refractivity contribution is -0.122. The molecule has 6 nitrogen and oxygen atoms in total. The Labute approximate surface area is 182 Å². The van der Waals surface area contributed by atoms with Gasteiger partial charge in [-0.1, -0.05) is 31.9 Å². The predicted octanol–water partition coefficient (Wildman–Crippen LogP) is 3.17. The molecule has 0 aliphatic carbocycles. The molecule has 2 fully saturated rings. The highest BCUT2D eigenvalue weighted by Crippen LogP contribution is 2.21. The lowest BCUT2D eigenvalue weighted by atomic mass is 10.0. The number of nitrogens with zero attached hydrogens (tertiary/aromatic N) is 2. The Morgan fingerprint density at radius 2 is 1.70 bits per heavy atom. The molecule has 2 aliphatic rings. The maximum absolute atomic E-state index is 12.7. The number of aryl methyl sites for hydroxylation is 1. The van der Waals surface area contributed by atoms with Gasteiger partial charge in [-0.3, -0.25) is 4.79 Å². The number of carbonyl (C=O) groups is 1. The fraction of sp³-hybridized carbons (Fsp3) is 0.696. The van der Waals surface area contributed by atoms with Crippen molar-refractivity contribution in [3.05, 3.63) is 29.8 Å². The minimum Gasteiger partial charge on any atom is -0.353 e. The zero-order valence-corrected chi connectivity index (χ0v) is 19.1. The average Bonchev–Trinajstić information content (AvgIpc) is 2.78. The van der Waals surface area contributed by atoms with Crippen LogP contribution in [0.15, 0.2) is 29.2 Å². The quantitative estimate of drug-likeness (QED) is 0.647. The summed E-state index contributed by atoms with van der Waals surface area (Å²) >= 11 is 0. The van der Waals surface area contributed by atoms with Crippen LogP contribution in [0.2, 0.25) is 0 Å². The highest BCUT2D eigenvalue weighted by molar-refractivity contribution is 7.89. The van der Waals surface area contributed by atoms with Crippen molar-refractivity contribution in [3.8, 4) is 0 Å². The van der Waals surface area contributed by atoms with E-state index in [9.17, 15) is 13.2 Å². The van der Waals surface area contributed by atoms with Gasteiger partial charge in [0.05, 0.1) is 4.90 Å². The summed E-state index contributed by atoms with van der Waals surface area (Å²) < 4.78 is 27.0. The van der Waals surface area contributed by atoms with Crippen molar-refractivity contribution < 1.29 is 13.2 Å². The monoisotopic (exact) mass is 435 g/mol. The number of rotatable bonds is 9. The number of unbranched alkanes of at least 4 members (excludes halogenated alkanes) is 1. The van der Waals surface area contributed by atoms with Crippen molar-refractivity contribution in [2.45, 2.75) is 75.6 Å². The average molecular weight is 436 g/mol. The molecule has 1 aromatic rings. The Morgan fingerprint density at radius 1 is 1.03 bits per heavy atom. The lowest BCUT2D eigenvalue weighted by Gasteiger charge is -2.32. The van der Waals surface area contributed by atoms with Gasteiger partial charge in [-0.2, -0.15) is 4.31 Å². The molecule has 0 bridgehead atoms. The first kappa shape index (κ1) is 23.2. The molecule has 0 aromatic heterocycles. The molecule has 0 unspecified atom stereocenters. The van der Waals surface area contributed by atoms with E-state index in [-0.39, 0.29) is 11.9 Å². The molecule has 1 amide bonds. The van der Waals surface area contributed by atoms with E-state index in [1.165, 1.54) is 19.4 Å². The molecule has 1 N–H and O–H groups in total. The molecule has 2 heterocycles. The molecule has 168 valence electrons. The Bertz CT molecular complexity index is 765. The third-order valence-electron chi connectivity index (χ3n) is 6.30. The molecule has 0 spiro atoms. The first-order valence-corrected chi connectivity index (χ1v) is 13.0. The largest absolute Gasteiger partial charge is 0.353 e. The van der Waals surface area contributed by atoms with Gasteiger partial charge in [-0.25, -0.2) is 8.42 Å². The summed E-state index contributed by atoms with van der Waals surface area (Å²) in [6.07, 6.45) is 8.56. The third-order valence-corrected chi connectivity index (χ3v) is 8.21. The highest BCUT2D eigenvalue weighted by atomic mass is 32.2. The third kappa shape index (κ3) is 6.53. The Morgan fingerprint density at radius 3 is 2.33 bits per heavy atom. The van der Waals surface area contributed by atoms with Crippen LogP contribution in [-0.2, 0) is 21.2 Å². The predicted molar refractivity (Wildman–Crippen MR) is 120 cm³/mol. The van der Waals surface area contributed by atoms with Gasteiger partial charge in [0.1, 0.15) is 0 Å². The topological polar surface area (TPSA) is 69.7 Å². The van der Waals surface area contributed by atoms with E-state index in [1.54, 1.807) is 16.4 Å².